The third kappa shape index (κ3) is 4.07. The van der Waals surface area contributed by atoms with Crippen LogP contribution in [-0.4, -0.2) is 14.5 Å². The highest BCUT2D eigenvalue weighted by atomic mass is 32.2. The van der Waals surface area contributed by atoms with Crippen molar-refractivity contribution in [3.63, 3.8) is 0 Å². The Morgan fingerprint density at radius 2 is 1.62 bits per heavy atom. The van der Waals surface area contributed by atoms with Crippen LogP contribution < -0.4 is 4.72 Å². The fourth-order valence-corrected chi connectivity index (χ4v) is 4.27. The maximum absolute atomic E-state index is 12.5. The summed E-state index contributed by atoms with van der Waals surface area (Å²) in [6.07, 6.45) is 4.37. The monoisotopic (exact) mass is 309 g/mol. The van der Waals surface area contributed by atoms with Crippen molar-refractivity contribution in [1.29, 1.82) is 0 Å². The molecule has 1 N–H and O–H groups in total. The Morgan fingerprint density at radius 3 is 2.14 bits per heavy atom. The third-order valence-electron chi connectivity index (χ3n) is 4.45. The molecule has 118 valence electrons. The molecule has 0 aliphatic heterocycles. The summed E-state index contributed by atoms with van der Waals surface area (Å²) >= 11 is 0. The first-order valence-electron chi connectivity index (χ1n) is 7.83. The molecule has 0 heterocycles. The van der Waals surface area contributed by atoms with E-state index < -0.39 is 10.0 Å². The lowest BCUT2D eigenvalue weighted by atomic mass is 9.87. The van der Waals surface area contributed by atoms with Crippen LogP contribution in [0, 0.1) is 5.92 Å². The van der Waals surface area contributed by atoms with Gasteiger partial charge in [0.15, 0.2) is 0 Å². The van der Waals surface area contributed by atoms with E-state index in [0.717, 1.165) is 24.8 Å². The molecule has 0 aromatic heterocycles. The van der Waals surface area contributed by atoms with Gasteiger partial charge in [-0.2, -0.15) is 0 Å². The van der Waals surface area contributed by atoms with E-state index in [9.17, 15) is 8.42 Å². The summed E-state index contributed by atoms with van der Waals surface area (Å²) in [6, 6.07) is 7.34. The first-order chi connectivity index (χ1) is 9.70. The lowest BCUT2D eigenvalue weighted by molar-refractivity contribution is 0.310. The molecule has 0 saturated heterocycles. The van der Waals surface area contributed by atoms with Crippen molar-refractivity contribution in [3.8, 4) is 0 Å². The maximum atomic E-state index is 12.5. The van der Waals surface area contributed by atoms with Crippen LogP contribution in [0.1, 0.15) is 58.9 Å². The molecule has 2 rings (SSSR count). The summed E-state index contributed by atoms with van der Waals surface area (Å²) in [4.78, 5) is 0.369. The minimum absolute atomic E-state index is 0.0353. The first-order valence-corrected chi connectivity index (χ1v) is 9.31. The molecule has 21 heavy (non-hydrogen) atoms. The van der Waals surface area contributed by atoms with Crippen molar-refractivity contribution >= 4 is 10.0 Å². The molecule has 0 spiro atoms. The Hall–Kier alpha value is -0.870. The Balaban J connectivity index is 2.16. The number of nitrogens with one attached hydrogen (secondary N) is 1. The smallest absolute Gasteiger partial charge is 0.208 e. The van der Waals surface area contributed by atoms with E-state index in [2.05, 4.69) is 32.4 Å². The molecule has 4 heteroatoms. The van der Waals surface area contributed by atoms with Crippen LogP contribution >= 0.6 is 0 Å². The molecule has 2 unspecified atom stereocenters. The first kappa shape index (κ1) is 16.5. The number of sulfonamides is 1. The minimum atomic E-state index is -3.41. The van der Waals surface area contributed by atoms with Crippen molar-refractivity contribution in [2.24, 2.45) is 5.92 Å². The summed E-state index contributed by atoms with van der Waals surface area (Å²) in [5.41, 5.74) is 1.18. The Labute approximate surface area is 129 Å². The van der Waals surface area contributed by atoms with Crippen LogP contribution in [0.25, 0.3) is 0 Å². The molecule has 1 fully saturated rings. The fourth-order valence-electron chi connectivity index (χ4n) is 2.89. The molecule has 1 aliphatic rings. The van der Waals surface area contributed by atoms with Crippen LogP contribution in [0.5, 0.6) is 0 Å². The van der Waals surface area contributed by atoms with Crippen molar-refractivity contribution in [3.05, 3.63) is 29.8 Å². The van der Waals surface area contributed by atoms with Gasteiger partial charge in [-0.1, -0.05) is 52.7 Å². The number of rotatable bonds is 3. The number of hydrogen-bond acceptors (Lipinski definition) is 2. The lowest BCUT2D eigenvalue weighted by Gasteiger charge is -2.29. The summed E-state index contributed by atoms with van der Waals surface area (Å²) < 4.78 is 27.9. The van der Waals surface area contributed by atoms with Crippen molar-refractivity contribution in [2.75, 3.05) is 0 Å². The predicted molar refractivity (Wildman–Crippen MR) is 86.9 cm³/mol. The van der Waals surface area contributed by atoms with Gasteiger partial charge in [-0.25, -0.2) is 13.1 Å². The Morgan fingerprint density at radius 1 is 1.05 bits per heavy atom. The summed E-state index contributed by atoms with van der Waals surface area (Å²) in [5.74, 6) is 0.419. The van der Waals surface area contributed by atoms with Crippen molar-refractivity contribution < 1.29 is 8.42 Å². The van der Waals surface area contributed by atoms with Gasteiger partial charge in [0.25, 0.3) is 0 Å². The van der Waals surface area contributed by atoms with Gasteiger partial charge in [0, 0.05) is 6.04 Å². The van der Waals surface area contributed by atoms with Crippen molar-refractivity contribution in [2.45, 2.75) is 69.7 Å². The van der Waals surface area contributed by atoms with E-state index >= 15 is 0 Å². The van der Waals surface area contributed by atoms with Crippen LogP contribution in [-0.2, 0) is 15.4 Å². The highest BCUT2D eigenvalue weighted by molar-refractivity contribution is 7.89. The molecule has 1 aliphatic carbocycles. The molecule has 1 aromatic rings. The van der Waals surface area contributed by atoms with Gasteiger partial charge in [0.2, 0.25) is 10.0 Å². The molecular formula is C17H27NO2S. The second kappa shape index (κ2) is 6.09. The van der Waals surface area contributed by atoms with E-state index in [1.807, 2.05) is 12.1 Å². The highest BCUT2D eigenvalue weighted by Crippen LogP contribution is 2.26. The second-order valence-electron chi connectivity index (χ2n) is 7.26. The van der Waals surface area contributed by atoms with Gasteiger partial charge < -0.3 is 0 Å². The predicted octanol–water partition coefficient (Wildman–Crippen LogP) is 3.84. The third-order valence-corrected chi connectivity index (χ3v) is 5.95. The zero-order chi connectivity index (χ0) is 15.7. The maximum Gasteiger partial charge on any atom is 0.240 e. The molecule has 0 amide bonds. The van der Waals surface area contributed by atoms with E-state index in [1.54, 1.807) is 12.1 Å². The summed E-state index contributed by atoms with van der Waals surface area (Å²) in [7, 11) is -3.41. The molecule has 1 saturated carbocycles. The SMILES string of the molecule is CC1CCCCC1NS(=O)(=O)c1ccc(C(C)(C)C)cc1. The van der Waals surface area contributed by atoms with Crippen LogP contribution in [0.3, 0.4) is 0 Å². The van der Waals surface area contributed by atoms with Gasteiger partial charge in [0.05, 0.1) is 4.90 Å². The van der Waals surface area contributed by atoms with Crippen LogP contribution in [0.15, 0.2) is 29.2 Å². The highest BCUT2D eigenvalue weighted by Gasteiger charge is 2.27. The van der Waals surface area contributed by atoms with Gasteiger partial charge in [-0.15, -0.1) is 0 Å². The zero-order valence-corrected chi connectivity index (χ0v) is 14.3. The zero-order valence-electron chi connectivity index (χ0n) is 13.5. The molecule has 0 bridgehead atoms. The molecule has 0 radical (unpaired) electrons. The van der Waals surface area contributed by atoms with E-state index in [0.29, 0.717) is 10.8 Å². The topological polar surface area (TPSA) is 46.2 Å². The quantitative estimate of drug-likeness (QED) is 0.922. The van der Waals surface area contributed by atoms with E-state index in [1.165, 1.54) is 6.42 Å². The largest absolute Gasteiger partial charge is 0.240 e. The average molecular weight is 309 g/mol. The van der Waals surface area contributed by atoms with E-state index in [-0.39, 0.29) is 11.5 Å². The normalized spacial score (nSPS) is 24.0. The van der Waals surface area contributed by atoms with Gasteiger partial charge >= 0.3 is 0 Å². The van der Waals surface area contributed by atoms with Crippen LogP contribution in [0.2, 0.25) is 0 Å². The van der Waals surface area contributed by atoms with Gasteiger partial charge in [-0.05, 0) is 41.9 Å². The Kier molecular flexibility index (Phi) is 4.79. The van der Waals surface area contributed by atoms with Crippen molar-refractivity contribution in [1.82, 2.24) is 4.72 Å². The standard InChI is InChI=1S/C17H27NO2S/c1-13-7-5-6-8-16(13)18-21(19,20)15-11-9-14(10-12-15)17(2,3)4/h9-13,16,18H,5-8H2,1-4H3. The van der Waals surface area contributed by atoms with Gasteiger partial charge in [-0.3, -0.25) is 0 Å². The van der Waals surface area contributed by atoms with Gasteiger partial charge in [0.1, 0.15) is 0 Å². The summed E-state index contributed by atoms with van der Waals surface area (Å²) in [5, 5.41) is 0. The second-order valence-corrected chi connectivity index (χ2v) is 8.98. The van der Waals surface area contributed by atoms with Crippen LogP contribution in [0.4, 0.5) is 0 Å². The lowest BCUT2D eigenvalue weighted by Crippen LogP contribution is -2.40. The summed E-state index contributed by atoms with van der Waals surface area (Å²) in [6.45, 7) is 8.50. The minimum Gasteiger partial charge on any atom is -0.208 e. The van der Waals surface area contributed by atoms with E-state index in [4.69, 9.17) is 0 Å². The average Bonchev–Trinajstić information content (AvgIpc) is 2.40. The molecule has 1 aromatic carbocycles. The number of hydrogen-bond donors (Lipinski definition) is 1. The molecule has 3 nitrogen and oxygen atoms in total. The Bertz CT molecular complexity index is 570. The molecule has 2 atom stereocenters. The fraction of sp³-hybridized carbons (Fsp3) is 0.647. The molecular weight excluding hydrogens is 282 g/mol. The number of benzene rings is 1.